The van der Waals surface area contributed by atoms with Crippen molar-refractivity contribution in [3.05, 3.63) is 58.6 Å². The van der Waals surface area contributed by atoms with Gasteiger partial charge in [-0.15, -0.1) is 0 Å². The van der Waals surface area contributed by atoms with Crippen molar-refractivity contribution in [3.8, 4) is 11.5 Å². The molecule has 0 radical (unpaired) electrons. The van der Waals surface area contributed by atoms with Crippen molar-refractivity contribution in [3.63, 3.8) is 0 Å². The predicted octanol–water partition coefficient (Wildman–Crippen LogP) is 4.60. The zero-order chi connectivity index (χ0) is 20.1. The lowest BCUT2D eigenvalue weighted by Gasteiger charge is -2.27. The molecule has 2 aromatic carbocycles. The van der Waals surface area contributed by atoms with E-state index in [9.17, 15) is 9.59 Å². The summed E-state index contributed by atoms with van der Waals surface area (Å²) in [5.74, 6) is 0.275. The Balaban J connectivity index is 1.75. The molecular formula is C22H23ClO5. The largest absolute Gasteiger partial charge is 0.497 e. The number of ketones is 1. The summed E-state index contributed by atoms with van der Waals surface area (Å²) in [6, 6.07) is 12.2. The van der Waals surface area contributed by atoms with Crippen molar-refractivity contribution in [1.82, 2.24) is 0 Å². The molecule has 148 valence electrons. The maximum atomic E-state index is 13.0. The van der Waals surface area contributed by atoms with Gasteiger partial charge in [-0.3, -0.25) is 9.59 Å². The number of hydrogen-bond acceptors (Lipinski definition) is 5. The number of methoxy groups -OCH3 is 2. The molecule has 2 aromatic rings. The first-order valence-corrected chi connectivity index (χ1v) is 9.56. The summed E-state index contributed by atoms with van der Waals surface area (Å²) in [5, 5.41) is 0.618. The van der Waals surface area contributed by atoms with Crippen LogP contribution in [0.2, 0.25) is 5.02 Å². The van der Waals surface area contributed by atoms with Gasteiger partial charge < -0.3 is 14.2 Å². The lowest BCUT2D eigenvalue weighted by Crippen LogP contribution is -2.35. The number of halogens is 1. The molecule has 0 aromatic heterocycles. The Kier molecular flexibility index (Phi) is 6.25. The Labute approximate surface area is 169 Å². The van der Waals surface area contributed by atoms with Crippen LogP contribution in [-0.4, -0.2) is 32.6 Å². The highest BCUT2D eigenvalue weighted by atomic mass is 35.5. The Morgan fingerprint density at radius 3 is 2.29 bits per heavy atom. The van der Waals surface area contributed by atoms with Gasteiger partial charge in [-0.2, -0.15) is 0 Å². The molecule has 0 amide bonds. The van der Waals surface area contributed by atoms with Crippen LogP contribution in [-0.2, 0) is 14.9 Å². The lowest BCUT2D eigenvalue weighted by atomic mass is 9.79. The summed E-state index contributed by atoms with van der Waals surface area (Å²) in [6.07, 6.45) is 3.29. The third-order valence-corrected chi connectivity index (χ3v) is 5.54. The molecule has 0 heterocycles. The van der Waals surface area contributed by atoms with E-state index in [0.717, 1.165) is 18.4 Å². The summed E-state index contributed by atoms with van der Waals surface area (Å²) in [4.78, 5) is 25.6. The van der Waals surface area contributed by atoms with Gasteiger partial charge in [0, 0.05) is 11.1 Å². The molecule has 0 spiro atoms. The van der Waals surface area contributed by atoms with Crippen LogP contribution >= 0.6 is 11.6 Å². The Bertz CT molecular complexity index is 854. The zero-order valence-corrected chi connectivity index (χ0v) is 16.8. The number of carbonyl (C=O) groups excluding carboxylic acids is 2. The topological polar surface area (TPSA) is 61.8 Å². The molecule has 5 nitrogen and oxygen atoms in total. The van der Waals surface area contributed by atoms with Crippen LogP contribution in [0.5, 0.6) is 11.5 Å². The van der Waals surface area contributed by atoms with Crippen LogP contribution in [0.3, 0.4) is 0 Å². The molecule has 6 heteroatoms. The Morgan fingerprint density at radius 1 is 1.00 bits per heavy atom. The van der Waals surface area contributed by atoms with Crippen molar-refractivity contribution in [2.45, 2.75) is 31.1 Å². The summed E-state index contributed by atoms with van der Waals surface area (Å²) in [7, 11) is 3.02. The van der Waals surface area contributed by atoms with E-state index in [1.54, 1.807) is 30.3 Å². The van der Waals surface area contributed by atoms with Gasteiger partial charge in [-0.1, -0.05) is 36.6 Å². The Hall–Kier alpha value is -2.53. The summed E-state index contributed by atoms with van der Waals surface area (Å²) < 4.78 is 15.9. The average molecular weight is 403 g/mol. The number of benzene rings is 2. The minimum absolute atomic E-state index is 0.322. The fourth-order valence-corrected chi connectivity index (χ4v) is 3.86. The standard InChI is InChI=1S/C22H23ClO5/c1-26-17-9-10-18(20(13-17)27-2)19(24)14-28-21(25)22(11-3-4-12-22)15-5-7-16(23)8-6-15/h5-10,13H,3-4,11-12,14H2,1-2H3. The fourth-order valence-electron chi connectivity index (χ4n) is 3.73. The van der Waals surface area contributed by atoms with Gasteiger partial charge in [0.1, 0.15) is 11.5 Å². The molecule has 1 fully saturated rings. The van der Waals surface area contributed by atoms with Crippen molar-refractivity contribution in [1.29, 1.82) is 0 Å². The van der Waals surface area contributed by atoms with Crippen LogP contribution in [0.25, 0.3) is 0 Å². The summed E-state index contributed by atoms with van der Waals surface area (Å²) in [6.45, 7) is -0.336. The van der Waals surface area contributed by atoms with E-state index >= 15 is 0 Å². The van der Waals surface area contributed by atoms with E-state index in [4.69, 9.17) is 25.8 Å². The third-order valence-electron chi connectivity index (χ3n) is 5.29. The molecule has 1 saturated carbocycles. The van der Waals surface area contributed by atoms with E-state index in [0.29, 0.717) is 34.9 Å². The van der Waals surface area contributed by atoms with Crippen molar-refractivity contribution < 1.29 is 23.8 Å². The molecule has 0 bridgehead atoms. The quantitative estimate of drug-likeness (QED) is 0.500. The second kappa shape index (κ2) is 8.65. The normalized spacial score (nSPS) is 15.1. The molecule has 3 rings (SSSR count). The SMILES string of the molecule is COc1ccc(C(=O)COC(=O)C2(c3ccc(Cl)cc3)CCCC2)c(OC)c1. The molecule has 0 unspecified atom stereocenters. The highest BCUT2D eigenvalue weighted by Crippen LogP contribution is 2.42. The smallest absolute Gasteiger partial charge is 0.317 e. The lowest BCUT2D eigenvalue weighted by molar-refractivity contribution is -0.149. The summed E-state index contributed by atoms with van der Waals surface area (Å²) in [5.41, 5.74) is 0.520. The van der Waals surface area contributed by atoms with Gasteiger partial charge in [-0.05, 0) is 42.7 Å². The monoisotopic (exact) mass is 402 g/mol. The van der Waals surface area contributed by atoms with E-state index in [2.05, 4.69) is 0 Å². The van der Waals surface area contributed by atoms with Crippen molar-refractivity contribution in [2.24, 2.45) is 0 Å². The summed E-state index contributed by atoms with van der Waals surface area (Å²) >= 11 is 5.98. The number of hydrogen-bond donors (Lipinski definition) is 0. The van der Waals surface area contributed by atoms with Crippen LogP contribution in [0, 0.1) is 0 Å². The van der Waals surface area contributed by atoms with Crippen LogP contribution in [0.4, 0.5) is 0 Å². The van der Waals surface area contributed by atoms with E-state index in [1.165, 1.54) is 14.2 Å². The average Bonchev–Trinajstić information content (AvgIpc) is 3.22. The van der Waals surface area contributed by atoms with Crippen LogP contribution in [0.1, 0.15) is 41.6 Å². The van der Waals surface area contributed by atoms with E-state index in [-0.39, 0.29) is 18.4 Å². The highest BCUT2D eigenvalue weighted by Gasteiger charge is 2.44. The maximum absolute atomic E-state index is 13.0. The second-order valence-electron chi connectivity index (χ2n) is 6.86. The van der Waals surface area contributed by atoms with Crippen LogP contribution < -0.4 is 9.47 Å². The second-order valence-corrected chi connectivity index (χ2v) is 7.30. The van der Waals surface area contributed by atoms with Gasteiger partial charge in [-0.25, -0.2) is 0 Å². The number of esters is 1. The Morgan fingerprint density at radius 2 is 1.68 bits per heavy atom. The first-order chi connectivity index (χ1) is 13.5. The maximum Gasteiger partial charge on any atom is 0.317 e. The fraction of sp³-hybridized carbons (Fsp3) is 0.364. The van der Waals surface area contributed by atoms with E-state index in [1.807, 2.05) is 12.1 Å². The molecule has 0 N–H and O–H groups in total. The van der Waals surface area contributed by atoms with Crippen molar-refractivity contribution in [2.75, 3.05) is 20.8 Å². The minimum atomic E-state index is -0.713. The first-order valence-electron chi connectivity index (χ1n) is 9.18. The molecule has 0 aliphatic heterocycles. The van der Waals surface area contributed by atoms with Gasteiger partial charge in [0.25, 0.3) is 0 Å². The number of ether oxygens (including phenoxy) is 3. The molecule has 28 heavy (non-hydrogen) atoms. The number of carbonyl (C=O) groups is 2. The molecule has 1 aliphatic rings. The van der Waals surface area contributed by atoms with Gasteiger partial charge >= 0.3 is 5.97 Å². The predicted molar refractivity (Wildman–Crippen MR) is 106 cm³/mol. The first kappa shape index (κ1) is 20.2. The van der Waals surface area contributed by atoms with Crippen molar-refractivity contribution >= 4 is 23.4 Å². The van der Waals surface area contributed by atoms with Gasteiger partial charge in [0.15, 0.2) is 6.61 Å². The number of Topliss-reactive ketones (excluding diaryl/α,β-unsaturated/α-hetero) is 1. The highest BCUT2D eigenvalue weighted by molar-refractivity contribution is 6.30. The van der Waals surface area contributed by atoms with E-state index < -0.39 is 5.41 Å². The zero-order valence-electron chi connectivity index (χ0n) is 16.0. The molecule has 0 atom stereocenters. The van der Waals surface area contributed by atoms with Gasteiger partial charge in [0.05, 0.1) is 25.2 Å². The molecular weight excluding hydrogens is 380 g/mol. The third kappa shape index (κ3) is 3.99. The minimum Gasteiger partial charge on any atom is -0.497 e. The molecule has 1 aliphatic carbocycles. The molecule has 0 saturated heterocycles. The van der Waals surface area contributed by atoms with Crippen LogP contribution in [0.15, 0.2) is 42.5 Å². The number of rotatable bonds is 7. The van der Waals surface area contributed by atoms with Gasteiger partial charge in [0.2, 0.25) is 5.78 Å².